The summed E-state index contributed by atoms with van der Waals surface area (Å²) in [5.74, 6) is 1.50. The van der Waals surface area contributed by atoms with Crippen molar-refractivity contribution in [2.24, 2.45) is 0 Å². The predicted octanol–water partition coefficient (Wildman–Crippen LogP) is 2.24. The van der Waals surface area contributed by atoms with Crippen molar-refractivity contribution in [3.8, 4) is 0 Å². The Kier molecular flexibility index (Phi) is 4.89. The summed E-state index contributed by atoms with van der Waals surface area (Å²) in [6, 6.07) is 5.87. The maximum atomic E-state index is 12.7. The molecule has 0 aromatic carbocycles. The summed E-state index contributed by atoms with van der Waals surface area (Å²) in [7, 11) is 0. The van der Waals surface area contributed by atoms with Gasteiger partial charge in [-0.05, 0) is 37.0 Å². The molecule has 8 nitrogen and oxygen atoms in total. The van der Waals surface area contributed by atoms with Crippen molar-refractivity contribution in [2.45, 2.75) is 45.2 Å². The average Bonchev–Trinajstić information content (AvgIpc) is 3.33. The summed E-state index contributed by atoms with van der Waals surface area (Å²) in [4.78, 5) is 23.6. The molecule has 0 atom stereocenters. The molecule has 0 unspecified atom stereocenters. The lowest BCUT2D eigenvalue weighted by Crippen LogP contribution is -2.44. The first-order valence-corrected chi connectivity index (χ1v) is 9.36. The van der Waals surface area contributed by atoms with Gasteiger partial charge < -0.3 is 9.73 Å². The number of hydrogen-bond donors (Lipinski definition) is 1. The zero-order valence-electron chi connectivity index (χ0n) is 15.6. The van der Waals surface area contributed by atoms with Crippen LogP contribution < -0.4 is 5.32 Å². The van der Waals surface area contributed by atoms with Gasteiger partial charge in [-0.15, -0.1) is 0 Å². The van der Waals surface area contributed by atoms with E-state index in [1.807, 2.05) is 18.2 Å². The molecule has 3 aromatic heterocycles. The number of carbonyl (C=O) groups excluding carboxylic acids is 1. The van der Waals surface area contributed by atoms with Crippen molar-refractivity contribution in [1.29, 1.82) is 0 Å². The number of amides is 1. The first-order valence-electron chi connectivity index (χ1n) is 9.36. The monoisotopic (exact) mass is 368 g/mol. The molecule has 142 valence electrons. The van der Waals surface area contributed by atoms with Crippen molar-refractivity contribution in [1.82, 2.24) is 29.8 Å². The van der Waals surface area contributed by atoms with E-state index in [0.29, 0.717) is 11.5 Å². The fourth-order valence-electron chi connectivity index (χ4n) is 3.48. The van der Waals surface area contributed by atoms with Gasteiger partial charge in [0.25, 0.3) is 11.7 Å². The van der Waals surface area contributed by atoms with Crippen LogP contribution in [0.5, 0.6) is 0 Å². The van der Waals surface area contributed by atoms with E-state index in [9.17, 15) is 4.79 Å². The van der Waals surface area contributed by atoms with E-state index in [0.717, 1.165) is 43.9 Å². The van der Waals surface area contributed by atoms with Crippen LogP contribution in [0.25, 0.3) is 5.78 Å². The van der Waals surface area contributed by atoms with Crippen LogP contribution in [0.1, 0.15) is 54.5 Å². The second-order valence-corrected chi connectivity index (χ2v) is 7.30. The zero-order valence-corrected chi connectivity index (χ0v) is 15.6. The molecule has 27 heavy (non-hydrogen) atoms. The van der Waals surface area contributed by atoms with Crippen LogP contribution >= 0.6 is 0 Å². The zero-order chi connectivity index (χ0) is 18.8. The highest BCUT2D eigenvalue weighted by atomic mass is 16.3. The summed E-state index contributed by atoms with van der Waals surface area (Å²) in [6.45, 7) is 6.80. The smallest absolute Gasteiger partial charge is 0.270 e. The Balaban J connectivity index is 1.39. The Morgan fingerprint density at radius 2 is 2.19 bits per heavy atom. The van der Waals surface area contributed by atoms with Crippen molar-refractivity contribution >= 4 is 11.7 Å². The van der Waals surface area contributed by atoms with Crippen LogP contribution in [0.15, 0.2) is 35.2 Å². The summed E-state index contributed by atoms with van der Waals surface area (Å²) in [5.41, 5.74) is 1.33. The normalized spacial score (nSPS) is 16.3. The van der Waals surface area contributed by atoms with Crippen molar-refractivity contribution in [3.05, 3.63) is 47.9 Å². The molecule has 1 fully saturated rings. The lowest BCUT2D eigenvalue weighted by molar-refractivity contribution is 0.0901. The number of nitrogens with zero attached hydrogens (tertiary/aromatic N) is 5. The minimum absolute atomic E-state index is 0.146. The summed E-state index contributed by atoms with van der Waals surface area (Å²) in [6.07, 6.45) is 4.99. The number of rotatable bonds is 5. The van der Waals surface area contributed by atoms with E-state index in [2.05, 4.69) is 39.1 Å². The third kappa shape index (κ3) is 3.85. The third-order valence-corrected chi connectivity index (χ3v) is 4.99. The first kappa shape index (κ1) is 17.7. The molecule has 0 spiro atoms. The highest BCUT2D eigenvalue weighted by Crippen LogP contribution is 2.17. The predicted molar refractivity (Wildman–Crippen MR) is 99.3 cm³/mol. The Hall–Kier alpha value is -2.74. The lowest BCUT2D eigenvalue weighted by atomic mass is 10.0. The molecule has 4 rings (SSSR count). The molecule has 1 aliphatic rings. The Labute approximate surface area is 157 Å². The molecule has 1 N–H and O–H groups in total. The quantitative estimate of drug-likeness (QED) is 0.743. The van der Waals surface area contributed by atoms with E-state index in [-0.39, 0.29) is 17.9 Å². The molecule has 3 aromatic rings. The Morgan fingerprint density at radius 3 is 2.89 bits per heavy atom. The number of piperidine rings is 1. The minimum atomic E-state index is -0.146. The van der Waals surface area contributed by atoms with Gasteiger partial charge >= 0.3 is 0 Å². The molecule has 0 aliphatic carbocycles. The molecular weight excluding hydrogens is 344 g/mol. The van der Waals surface area contributed by atoms with Crippen LogP contribution in [0.2, 0.25) is 0 Å². The van der Waals surface area contributed by atoms with Crippen LogP contribution in [0.4, 0.5) is 0 Å². The van der Waals surface area contributed by atoms with Crippen molar-refractivity contribution < 1.29 is 9.21 Å². The number of carbonyl (C=O) groups is 1. The fourth-order valence-corrected chi connectivity index (χ4v) is 3.48. The van der Waals surface area contributed by atoms with Crippen molar-refractivity contribution in [2.75, 3.05) is 13.1 Å². The van der Waals surface area contributed by atoms with E-state index >= 15 is 0 Å². The topological polar surface area (TPSA) is 88.6 Å². The maximum Gasteiger partial charge on any atom is 0.270 e. The van der Waals surface area contributed by atoms with Crippen LogP contribution in [-0.2, 0) is 6.54 Å². The Bertz CT molecular complexity index is 910. The van der Waals surface area contributed by atoms with Gasteiger partial charge in [0, 0.05) is 19.1 Å². The van der Waals surface area contributed by atoms with Gasteiger partial charge in [-0.1, -0.05) is 13.8 Å². The van der Waals surface area contributed by atoms with E-state index in [1.54, 1.807) is 10.8 Å². The number of nitrogens with one attached hydrogen (secondary N) is 1. The molecule has 0 radical (unpaired) electrons. The second kappa shape index (κ2) is 7.48. The van der Waals surface area contributed by atoms with Gasteiger partial charge in [-0.2, -0.15) is 10.1 Å². The van der Waals surface area contributed by atoms with Crippen LogP contribution in [0.3, 0.4) is 0 Å². The second-order valence-electron chi connectivity index (χ2n) is 7.30. The largest absolute Gasteiger partial charge is 0.468 e. The first-order chi connectivity index (χ1) is 13.1. The minimum Gasteiger partial charge on any atom is -0.468 e. The highest BCUT2D eigenvalue weighted by molar-refractivity contribution is 5.93. The van der Waals surface area contributed by atoms with Gasteiger partial charge in [-0.25, -0.2) is 9.50 Å². The number of fused-ring (bicyclic) bond motifs is 1. The number of hydrogen-bond acceptors (Lipinski definition) is 6. The maximum absolute atomic E-state index is 12.7. The molecule has 1 amide bonds. The number of aromatic nitrogens is 4. The Morgan fingerprint density at radius 1 is 1.37 bits per heavy atom. The average molecular weight is 368 g/mol. The molecule has 1 aliphatic heterocycles. The summed E-state index contributed by atoms with van der Waals surface area (Å²) >= 11 is 0. The summed E-state index contributed by atoms with van der Waals surface area (Å²) < 4.78 is 7.10. The van der Waals surface area contributed by atoms with E-state index in [4.69, 9.17) is 4.42 Å². The van der Waals surface area contributed by atoms with Crippen LogP contribution in [-0.4, -0.2) is 49.5 Å². The van der Waals surface area contributed by atoms with Crippen molar-refractivity contribution in [3.63, 3.8) is 0 Å². The van der Waals surface area contributed by atoms with Gasteiger partial charge in [0.2, 0.25) is 0 Å². The lowest BCUT2D eigenvalue weighted by Gasteiger charge is -2.31. The molecular formula is C19H24N6O2. The molecule has 4 heterocycles. The standard InChI is InChI=1S/C19H24N6O2/c1-13(2)17-10-16(23-19-20-12-21-25(17)19)18(26)22-14-5-7-24(8-6-14)11-15-4-3-9-27-15/h3-4,9-10,12-14H,5-8,11H2,1-2H3,(H,22,26). The van der Waals surface area contributed by atoms with Gasteiger partial charge in [0.15, 0.2) is 0 Å². The van der Waals surface area contributed by atoms with Gasteiger partial charge in [0.05, 0.1) is 18.5 Å². The molecule has 0 saturated carbocycles. The van der Waals surface area contributed by atoms with E-state index < -0.39 is 0 Å². The summed E-state index contributed by atoms with van der Waals surface area (Å²) in [5, 5.41) is 7.32. The van der Waals surface area contributed by atoms with Gasteiger partial charge in [-0.3, -0.25) is 9.69 Å². The third-order valence-electron chi connectivity index (χ3n) is 4.99. The molecule has 8 heteroatoms. The highest BCUT2D eigenvalue weighted by Gasteiger charge is 2.23. The van der Waals surface area contributed by atoms with E-state index in [1.165, 1.54) is 6.33 Å². The molecule has 1 saturated heterocycles. The number of furan rings is 1. The SMILES string of the molecule is CC(C)c1cc(C(=O)NC2CCN(Cc3ccco3)CC2)nc2ncnn12. The molecule has 0 bridgehead atoms. The fraction of sp³-hybridized carbons (Fsp3) is 0.474. The van der Waals surface area contributed by atoms with Gasteiger partial charge in [0.1, 0.15) is 17.8 Å². The van der Waals surface area contributed by atoms with Crippen LogP contribution in [0, 0.1) is 0 Å². The number of likely N-dealkylation sites (tertiary alicyclic amines) is 1.